The van der Waals surface area contributed by atoms with E-state index in [-0.39, 0.29) is 42.0 Å². The van der Waals surface area contributed by atoms with E-state index in [1.54, 1.807) is 18.2 Å². The number of nitrogens with zero attached hydrogens (tertiary/aromatic N) is 3. The highest BCUT2D eigenvalue weighted by molar-refractivity contribution is 6.24. The van der Waals surface area contributed by atoms with E-state index in [1.807, 2.05) is 32.2 Å². The molecule has 5 amide bonds. The van der Waals surface area contributed by atoms with Crippen LogP contribution in [0.1, 0.15) is 176 Å². The fourth-order valence-electron chi connectivity index (χ4n) is 10.8. The molecule has 4 heterocycles. The maximum atomic E-state index is 14.1. The summed E-state index contributed by atoms with van der Waals surface area (Å²) in [5, 5.41) is 12.4. The first-order valence-corrected chi connectivity index (χ1v) is 26.8. The number of unbranched alkanes of at least 4 members (excludes halogenated alkanes) is 8. The smallest absolute Gasteiger partial charge is 0.266 e. The summed E-state index contributed by atoms with van der Waals surface area (Å²) in [6, 6.07) is 12.5. The van der Waals surface area contributed by atoms with Crippen LogP contribution in [0.4, 0.5) is 11.5 Å². The second kappa shape index (κ2) is 25.9. The van der Waals surface area contributed by atoms with Crippen molar-refractivity contribution in [2.45, 2.75) is 162 Å². The topological polar surface area (TPSA) is 195 Å². The zero-order chi connectivity index (χ0) is 51.1. The van der Waals surface area contributed by atoms with E-state index in [0.717, 1.165) is 141 Å². The Morgan fingerprint density at radius 1 is 0.819 bits per heavy atom. The van der Waals surface area contributed by atoms with Crippen LogP contribution in [0.2, 0.25) is 0 Å². The van der Waals surface area contributed by atoms with Crippen molar-refractivity contribution in [1.29, 1.82) is 0 Å². The first-order chi connectivity index (χ1) is 34.9. The molecule has 2 aliphatic heterocycles. The normalized spacial score (nSPS) is 15.4. The van der Waals surface area contributed by atoms with Crippen LogP contribution in [0, 0.1) is 13.8 Å². The highest BCUT2D eigenvalue weighted by Crippen LogP contribution is 2.35. The van der Waals surface area contributed by atoms with Crippen molar-refractivity contribution in [2.24, 2.45) is 0 Å². The molecular formula is C57H76N8O7. The highest BCUT2D eigenvalue weighted by atomic mass is 16.5. The number of aryl methyl sites for hydroxylation is 1. The van der Waals surface area contributed by atoms with Crippen LogP contribution in [0.5, 0.6) is 5.75 Å². The molecule has 0 spiro atoms. The lowest BCUT2D eigenvalue weighted by Gasteiger charge is -2.34. The van der Waals surface area contributed by atoms with Crippen molar-refractivity contribution in [1.82, 2.24) is 30.8 Å². The lowest BCUT2D eigenvalue weighted by atomic mass is 9.88. The molecule has 15 heteroatoms. The second-order valence-corrected chi connectivity index (χ2v) is 19.6. The van der Waals surface area contributed by atoms with Crippen LogP contribution in [0.15, 0.2) is 53.5 Å². The SMILES string of the molecule is CCC(CC)N(CC)c1cc(-c2ccc(NCCNCCCCCCCCCCCOc3cccc4c3C(=O)N(C3CCC(=O)NC3=O)C4=O)nc2)cc(C(=O)NCc2c3c(c(C)[nH]c2=O)CCCC3)c1C. The number of aromatic amines is 1. The Balaban J connectivity index is 0.791. The van der Waals surface area contributed by atoms with Crippen LogP contribution < -0.4 is 36.5 Å². The van der Waals surface area contributed by atoms with Gasteiger partial charge in [0.1, 0.15) is 17.6 Å². The summed E-state index contributed by atoms with van der Waals surface area (Å²) in [4.78, 5) is 88.8. The van der Waals surface area contributed by atoms with E-state index in [0.29, 0.717) is 29.5 Å². The number of nitrogens with one attached hydrogen (secondary N) is 5. The Morgan fingerprint density at radius 2 is 1.54 bits per heavy atom. The Kier molecular flexibility index (Phi) is 19.2. The molecule has 2 aromatic carbocycles. The van der Waals surface area contributed by atoms with Crippen LogP contribution in [0.25, 0.3) is 11.1 Å². The number of aromatic nitrogens is 2. The first kappa shape index (κ1) is 53.4. The number of fused-ring (bicyclic) bond motifs is 2. The Labute approximate surface area is 425 Å². The summed E-state index contributed by atoms with van der Waals surface area (Å²) in [5.41, 5.74) is 8.67. The van der Waals surface area contributed by atoms with Crippen LogP contribution in [-0.4, -0.2) is 89.3 Å². The number of piperidine rings is 1. The van der Waals surface area contributed by atoms with Gasteiger partial charge in [0, 0.05) is 72.9 Å². The Morgan fingerprint density at radius 3 is 2.24 bits per heavy atom. The van der Waals surface area contributed by atoms with Gasteiger partial charge in [-0.3, -0.25) is 39.0 Å². The van der Waals surface area contributed by atoms with E-state index in [2.05, 4.69) is 64.1 Å². The fraction of sp³-hybridized carbons (Fsp3) is 0.526. The molecule has 4 aromatic rings. The summed E-state index contributed by atoms with van der Waals surface area (Å²) in [6.07, 6.45) is 18.1. The number of rotatable bonds is 27. The predicted molar refractivity (Wildman–Crippen MR) is 283 cm³/mol. The van der Waals surface area contributed by atoms with E-state index in [9.17, 15) is 28.8 Å². The third-order valence-corrected chi connectivity index (χ3v) is 14.8. The maximum Gasteiger partial charge on any atom is 0.266 e. The predicted octanol–water partition coefficient (Wildman–Crippen LogP) is 8.87. The minimum absolute atomic E-state index is 0.0781. The van der Waals surface area contributed by atoms with E-state index < -0.39 is 29.7 Å². The van der Waals surface area contributed by atoms with Gasteiger partial charge in [-0.2, -0.15) is 0 Å². The van der Waals surface area contributed by atoms with E-state index in [1.165, 1.54) is 31.2 Å². The van der Waals surface area contributed by atoms with Crippen LogP contribution in [-0.2, 0) is 29.0 Å². The fourth-order valence-corrected chi connectivity index (χ4v) is 10.8. The lowest BCUT2D eigenvalue weighted by molar-refractivity contribution is -0.136. The number of benzene rings is 2. The second-order valence-electron chi connectivity index (χ2n) is 19.6. The number of pyridine rings is 2. The summed E-state index contributed by atoms with van der Waals surface area (Å²) in [7, 11) is 0. The van der Waals surface area contributed by atoms with Crippen LogP contribution in [0.3, 0.4) is 0 Å². The van der Waals surface area contributed by atoms with Crippen molar-refractivity contribution < 1.29 is 28.7 Å². The molecule has 386 valence electrons. The van der Waals surface area contributed by atoms with Crippen molar-refractivity contribution in [3.05, 3.63) is 104 Å². The third kappa shape index (κ3) is 12.8. The highest BCUT2D eigenvalue weighted by Gasteiger charge is 2.46. The standard InChI is InChI=1S/C57H76N8O7/c1-6-41(7-2)64(8-3)48-34-40(33-45(37(48)4)53(67)61-36-46-43-22-17-16-21-42(43)38(5)62-54(46)68)39-25-27-50(60-35-39)59-31-30-58-29-18-14-12-10-9-11-13-15-19-32-72-49-24-20-23-44-52(49)57(71)65(56(44)70)47-26-28-51(66)63-55(47)69/h20,23-25,27,33-35,41,47,58H,6-19,21-22,26,28-32,36H2,1-5H3,(H,59,60)(H,61,67)(H,62,68)(H,63,66,69). The molecule has 72 heavy (non-hydrogen) atoms. The molecule has 3 aliphatic rings. The summed E-state index contributed by atoms with van der Waals surface area (Å²) in [5.74, 6) is -1.15. The van der Waals surface area contributed by atoms with Gasteiger partial charge in [-0.1, -0.05) is 64.9 Å². The largest absolute Gasteiger partial charge is 0.493 e. The third-order valence-electron chi connectivity index (χ3n) is 14.8. The lowest BCUT2D eigenvalue weighted by Crippen LogP contribution is -2.54. The Hall–Kier alpha value is -6.35. The van der Waals surface area contributed by atoms with Gasteiger partial charge in [-0.15, -0.1) is 0 Å². The quantitative estimate of drug-likeness (QED) is 0.0283. The van der Waals surface area contributed by atoms with E-state index in [4.69, 9.17) is 9.72 Å². The van der Waals surface area contributed by atoms with Crippen molar-refractivity contribution in [3.8, 4) is 16.9 Å². The van der Waals surface area contributed by atoms with Crippen molar-refractivity contribution >= 4 is 41.0 Å². The average Bonchev–Trinajstić information content (AvgIpc) is 3.64. The van der Waals surface area contributed by atoms with Gasteiger partial charge in [0.25, 0.3) is 23.3 Å². The zero-order valence-corrected chi connectivity index (χ0v) is 43.2. The number of amides is 5. The number of imide groups is 2. The van der Waals surface area contributed by atoms with Gasteiger partial charge >= 0.3 is 0 Å². The molecule has 1 atom stereocenters. The van der Waals surface area contributed by atoms with Gasteiger partial charge in [0.2, 0.25) is 11.8 Å². The van der Waals surface area contributed by atoms with E-state index >= 15 is 0 Å². The summed E-state index contributed by atoms with van der Waals surface area (Å²) < 4.78 is 5.98. The molecule has 5 N–H and O–H groups in total. The van der Waals surface area contributed by atoms with Gasteiger partial charge < -0.3 is 30.6 Å². The minimum Gasteiger partial charge on any atom is -0.493 e. The van der Waals surface area contributed by atoms with Gasteiger partial charge in [0.05, 0.1) is 17.7 Å². The number of H-pyrrole nitrogens is 1. The van der Waals surface area contributed by atoms with Crippen molar-refractivity contribution in [2.75, 3.05) is 43.0 Å². The zero-order valence-electron chi connectivity index (χ0n) is 43.2. The minimum atomic E-state index is -1.00. The monoisotopic (exact) mass is 985 g/mol. The number of anilines is 2. The summed E-state index contributed by atoms with van der Waals surface area (Å²) in [6.45, 7) is 14.6. The van der Waals surface area contributed by atoms with Gasteiger partial charge in [0.15, 0.2) is 0 Å². The number of ether oxygens (including phenoxy) is 1. The first-order valence-electron chi connectivity index (χ1n) is 26.8. The molecule has 0 saturated carbocycles. The van der Waals surface area contributed by atoms with Gasteiger partial charge in [-0.25, -0.2) is 4.98 Å². The Bertz CT molecular complexity index is 2620. The van der Waals surface area contributed by atoms with Gasteiger partial charge in [-0.05, 0) is 144 Å². The number of hydrogen-bond donors (Lipinski definition) is 5. The maximum absolute atomic E-state index is 14.1. The molecule has 0 radical (unpaired) electrons. The molecule has 1 aliphatic carbocycles. The van der Waals surface area contributed by atoms with Crippen molar-refractivity contribution in [3.63, 3.8) is 0 Å². The number of carbonyl (C=O) groups is 5. The molecule has 0 bridgehead atoms. The molecule has 1 fully saturated rings. The molecule has 7 rings (SSSR count). The molecule has 2 aromatic heterocycles. The molecule has 1 saturated heterocycles. The molecule has 1 unspecified atom stereocenters. The summed E-state index contributed by atoms with van der Waals surface area (Å²) >= 11 is 0. The number of carbonyl (C=O) groups excluding carboxylic acids is 5. The number of hydrogen-bond acceptors (Lipinski definition) is 11. The molecular weight excluding hydrogens is 909 g/mol. The average molecular weight is 985 g/mol. The van der Waals surface area contributed by atoms with Crippen LogP contribution >= 0.6 is 0 Å². The molecule has 15 nitrogen and oxygen atoms in total.